The zero-order valence-electron chi connectivity index (χ0n) is 15.7. The van der Waals surface area contributed by atoms with E-state index in [1.807, 2.05) is 18.2 Å². The summed E-state index contributed by atoms with van der Waals surface area (Å²) < 4.78 is 17.5. The number of hydrogen-bond acceptors (Lipinski definition) is 6. The van der Waals surface area contributed by atoms with Crippen LogP contribution in [0.3, 0.4) is 0 Å². The molecule has 1 aliphatic carbocycles. The molecule has 1 aromatic carbocycles. The molecular weight excluding hydrogens is 364 g/mol. The minimum atomic E-state index is -0.862. The number of benzene rings is 1. The Kier molecular flexibility index (Phi) is 5.57. The summed E-state index contributed by atoms with van der Waals surface area (Å²) in [7, 11) is 0. The summed E-state index contributed by atoms with van der Waals surface area (Å²) in [6, 6.07) is 5.59. The minimum Gasteiger partial charge on any atom is -0.489 e. The topological polar surface area (TPSA) is 105 Å². The second-order valence-corrected chi connectivity index (χ2v) is 7.69. The smallest absolute Gasteiger partial charge is 0.407 e. The average Bonchev–Trinajstić information content (AvgIpc) is 3.13. The van der Waals surface area contributed by atoms with Gasteiger partial charge in [0.25, 0.3) is 5.88 Å². The zero-order valence-corrected chi connectivity index (χ0v) is 15.7. The van der Waals surface area contributed by atoms with Gasteiger partial charge in [0.1, 0.15) is 11.1 Å². The van der Waals surface area contributed by atoms with Crippen LogP contribution in [-0.4, -0.2) is 58.3 Å². The van der Waals surface area contributed by atoms with Crippen molar-refractivity contribution in [2.75, 3.05) is 19.7 Å². The van der Waals surface area contributed by atoms with Gasteiger partial charge < -0.3 is 29.1 Å². The summed E-state index contributed by atoms with van der Waals surface area (Å²) in [6.45, 7) is 1.54. The van der Waals surface area contributed by atoms with E-state index in [4.69, 9.17) is 19.1 Å². The Labute approximate surface area is 163 Å². The molecule has 0 bridgehead atoms. The van der Waals surface area contributed by atoms with Crippen LogP contribution in [0.5, 0.6) is 11.6 Å². The molecule has 8 heteroatoms. The molecule has 2 fully saturated rings. The molecular formula is C20H26N2O6. The van der Waals surface area contributed by atoms with Crippen LogP contribution < -0.4 is 9.47 Å². The van der Waals surface area contributed by atoms with Gasteiger partial charge in [-0.15, -0.1) is 0 Å². The highest BCUT2D eigenvalue weighted by atomic mass is 16.5. The van der Waals surface area contributed by atoms with E-state index in [9.17, 15) is 9.90 Å². The first-order chi connectivity index (χ1) is 13.6. The van der Waals surface area contributed by atoms with E-state index in [0.29, 0.717) is 36.9 Å². The third kappa shape index (κ3) is 4.16. The maximum atomic E-state index is 11.0. The van der Waals surface area contributed by atoms with E-state index in [1.165, 1.54) is 4.90 Å². The number of amides is 1. The molecule has 0 unspecified atom stereocenters. The molecule has 1 aromatic heterocycles. The molecule has 2 aliphatic rings. The third-order valence-electron chi connectivity index (χ3n) is 5.71. The standard InChI is InChI=1S/C20H26N2O6/c23-14-4-6-15(7-5-14)27-16-2-1-3-17-18(16)19(21-28-17)26-12-13-8-10-22(11-9-13)20(24)25/h1-3,13-15,23H,4-12H2,(H,24,25). The molecule has 1 saturated carbocycles. The maximum Gasteiger partial charge on any atom is 0.407 e. The first-order valence-corrected chi connectivity index (χ1v) is 9.94. The molecule has 1 aliphatic heterocycles. The quantitative estimate of drug-likeness (QED) is 0.807. The second-order valence-electron chi connectivity index (χ2n) is 7.69. The Hall–Kier alpha value is -2.48. The molecule has 152 valence electrons. The van der Waals surface area contributed by atoms with Crippen molar-refractivity contribution in [3.8, 4) is 11.6 Å². The summed E-state index contributed by atoms with van der Waals surface area (Å²) in [5, 5.41) is 23.5. The molecule has 1 saturated heterocycles. The lowest BCUT2D eigenvalue weighted by Crippen LogP contribution is -2.38. The normalized spacial score (nSPS) is 23.7. The number of likely N-dealkylation sites (tertiary alicyclic amines) is 1. The van der Waals surface area contributed by atoms with Gasteiger partial charge in [0.15, 0.2) is 5.58 Å². The Bertz CT molecular complexity index is 806. The van der Waals surface area contributed by atoms with Gasteiger partial charge in [-0.3, -0.25) is 0 Å². The van der Waals surface area contributed by atoms with Gasteiger partial charge in [0, 0.05) is 13.1 Å². The van der Waals surface area contributed by atoms with Crippen LogP contribution in [0, 0.1) is 5.92 Å². The van der Waals surface area contributed by atoms with E-state index < -0.39 is 6.09 Å². The van der Waals surface area contributed by atoms with Crippen LogP contribution in [0.4, 0.5) is 4.79 Å². The van der Waals surface area contributed by atoms with Crippen LogP contribution in [0.15, 0.2) is 22.7 Å². The van der Waals surface area contributed by atoms with Gasteiger partial charge in [-0.05, 0) is 61.7 Å². The lowest BCUT2D eigenvalue weighted by atomic mass is 9.95. The highest BCUT2D eigenvalue weighted by molar-refractivity contribution is 5.88. The van der Waals surface area contributed by atoms with E-state index in [2.05, 4.69) is 5.16 Å². The molecule has 8 nitrogen and oxygen atoms in total. The van der Waals surface area contributed by atoms with E-state index >= 15 is 0 Å². The number of aliphatic hydroxyl groups excluding tert-OH is 1. The molecule has 2 N–H and O–H groups in total. The number of aliphatic hydroxyl groups is 1. The highest BCUT2D eigenvalue weighted by Gasteiger charge is 2.25. The number of aromatic nitrogens is 1. The lowest BCUT2D eigenvalue weighted by molar-refractivity contribution is 0.0672. The highest BCUT2D eigenvalue weighted by Crippen LogP contribution is 2.36. The summed E-state index contributed by atoms with van der Waals surface area (Å²) in [5.74, 6) is 1.40. The fraction of sp³-hybridized carbons (Fsp3) is 0.600. The molecule has 0 atom stereocenters. The Morgan fingerprint density at radius 1 is 1.18 bits per heavy atom. The Balaban J connectivity index is 1.41. The number of piperidine rings is 1. The van der Waals surface area contributed by atoms with E-state index in [-0.39, 0.29) is 18.1 Å². The summed E-state index contributed by atoms with van der Waals surface area (Å²) in [4.78, 5) is 12.5. The van der Waals surface area contributed by atoms with Crippen LogP contribution in [0.25, 0.3) is 11.0 Å². The van der Waals surface area contributed by atoms with Crippen molar-refractivity contribution in [2.45, 2.75) is 50.7 Å². The zero-order chi connectivity index (χ0) is 19.5. The number of fused-ring (bicyclic) bond motifs is 1. The van der Waals surface area contributed by atoms with Crippen molar-refractivity contribution in [1.29, 1.82) is 0 Å². The van der Waals surface area contributed by atoms with E-state index in [1.54, 1.807) is 0 Å². The molecule has 1 amide bonds. The van der Waals surface area contributed by atoms with Crippen molar-refractivity contribution >= 4 is 17.1 Å². The van der Waals surface area contributed by atoms with Crippen molar-refractivity contribution in [3.63, 3.8) is 0 Å². The van der Waals surface area contributed by atoms with E-state index in [0.717, 1.165) is 43.9 Å². The number of hydrogen-bond donors (Lipinski definition) is 2. The monoisotopic (exact) mass is 390 g/mol. The third-order valence-corrected chi connectivity index (χ3v) is 5.71. The Morgan fingerprint density at radius 2 is 1.93 bits per heavy atom. The SMILES string of the molecule is O=C(O)N1CCC(COc2noc3cccc(OC4CCC(O)CC4)c23)CC1. The summed E-state index contributed by atoms with van der Waals surface area (Å²) in [5.41, 5.74) is 0.615. The summed E-state index contributed by atoms with van der Waals surface area (Å²) in [6.07, 6.45) is 3.67. The average molecular weight is 390 g/mol. The van der Waals surface area contributed by atoms with Gasteiger partial charge in [0.05, 0.1) is 18.8 Å². The molecule has 4 rings (SSSR count). The van der Waals surface area contributed by atoms with Crippen molar-refractivity contribution in [3.05, 3.63) is 18.2 Å². The number of nitrogens with zero attached hydrogens (tertiary/aromatic N) is 2. The van der Waals surface area contributed by atoms with Gasteiger partial charge in [0.2, 0.25) is 0 Å². The molecule has 28 heavy (non-hydrogen) atoms. The first-order valence-electron chi connectivity index (χ1n) is 9.94. The molecule has 2 heterocycles. The van der Waals surface area contributed by atoms with Crippen LogP contribution >= 0.6 is 0 Å². The van der Waals surface area contributed by atoms with Gasteiger partial charge >= 0.3 is 6.09 Å². The number of carboxylic acid groups (broad SMARTS) is 1. The summed E-state index contributed by atoms with van der Waals surface area (Å²) >= 11 is 0. The maximum absolute atomic E-state index is 11.0. The van der Waals surface area contributed by atoms with Gasteiger partial charge in [-0.2, -0.15) is 0 Å². The van der Waals surface area contributed by atoms with Gasteiger partial charge in [-0.25, -0.2) is 4.79 Å². The van der Waals surface area contributed by atoms with Gasteiger partial charge in [-0.1, -0.05) is 6.07 Å². The lowest BCUT2D eigenvalue weighted by Gasteiger charge is -2.29. The van der Waals surface area contributed by atoms with Crippen LogP contribution in [-0.2, 0) is 0 Å². The number of rotatable bonds is 5. The fourth-order valence-corrected chi connectivity index (χ4v) is 3.96. The second kappa shape index (κ2) is 8.26. The first kappa shape index (κ1) is 18.9. The minimum absolute atomic E-state index is 0.0668. The number of carbonyl (C=O) groups is 1. The predicted molar refractivity (Wildman–Crippen MR) is 101 cm³/mol. The van der Waals surface area contributed by atoms with Crippen molar-refractivity contribution in [1.82, 2.24) is 10.1 Å². The predicted octanol–water partition coefficient (Wildman–Crippen LogP) is 3.28. The van der Waals surface area contributed by atoms with Crippen LogP contribution in [0.2, 0.25) is 0 Å². The van der Waals surface area contributed by atoms with Crippen LogP contribution in [0.1, 0.15) is 38.5 Å². The molecule has 2 aromatic rings. The molecule has 0 radical (unpaired) electrons. The van der Waals surface area contributed by atoms with Crippen molar-refractivity contribution in [2.24, 2.45) is 5.92 Å². The number of ether oxygens (including phenoxy) is 2. The fourth-order valence-electron chi connectivity index (χ4n) is 3.96. The largest absolute Gasteiger partial charge is 0.489 e. The Morgan fingerprint density at radius 3 is 2.64 bits per heavy atom. The molecule has 0 spiro atoms. The van der Waals surface area contributed by atoms with Crippen molar-refractivity contribution < 1.29 is 29.0 Å².